The minimum absolute atomic E-state index is 0.0599. The number of aliphatic hydroxyl groups excluding tert-OH is 1. The Labute approximate surface area is 505 Å². The van der Waals surface area contributed by atoms with Gasteiger partial charge in [-0.3, -0.25) is 9.59 Å². The van der Waals surface area contributed by atoms with E-state index in [0.717, 1.165) is 70.6 Å². The third-order valence-corrected chi connectivity index (χ3v) is 16.3. The van der Waals surface area contributed by atoms with Crippen LogP contribution in [-0.4, -0.2) is 36.4 Å². The smallest absolute Gasteiger partial charge is 0.306 e. The predicted molar refractivity (Wildman–Crippen MR) is 357 cm³/mol. The molecule has 0 aromatic carbocycles. The molecule has 0 spiro atoms. The monoisotopic (exact) mass is 1130 g/mol. The van der Waals surface area contributed by atoms with E-state index < -0.39 is 6.10 Å². The SMILES string of the molecule is CC/C=C\C/C=C\C/C=C\C/C=C\C/C=C\C/C=C\CCCCCCCCCCCCCCCCCCCCCCCCC(=O)OC(CO)COC(=O)CCCCCCCCCCCCCCCCCCCCCCCCCCCC. The lowest BCUT2D eigenvalue weighted by Gasteiger charge is -2.15. The summed E-state index contributed by atoms with van der Waals surface area (Å²) >= 11 is 0. The van der Waals surface area contributed by atoms with Crippen LogP contribution in [0.15, 0.2) is 72.9 Å². The van der Waals surface area contributed by atoms with Crippen LogP contribution in [0.4, 0.5) is 0 Å². The molecule has 0 aromatic rings. The molecule has 81 heavy (non-hydrogen) atoms. The van der Waals surface area contributed by atoms with Gasteiger partial charge in [-0.05, 0) is 64.2 Å². The average Bonchev–Trinajstić information content (AvgIpc) is 3.47. The molecule has 5 nitrogen and oxygen atoms in total. The van der Waals surface area contributed by atoms with Crippen LogP contribution in [0.25, 0.3) is 0 Å². The first kappa shape index (κ1) is 78.3. The van der Waals surface area contributed by atoms with Gasteiger partial charge in [0.25, 0.3) is 0 Å². The Bertz CT molecular complexity index is 1420. The second-order valence-corrected chi connectivity index (χ2v) is 24.3. The Morgan fingerprint density at radius 1 is 0.296 bits per heavy atom. The minimum atomic E-state index is -0.771. The van der Waals surface area contributed by atoms with Gasteiger partial charge in [-0.2, -0.15) is 0 Å². The fraction of sp³-hybridized carbons (Fsp3) is 0.816. The summed E-state index contributed by atoms with van der Waals surface area (Å²) in [6.45, 7) is 4.08. The van der Waals surface area contributed by atoms with Crippen LogP contribution in [0, 0.1) is 0 Å². The molecule has 0 saturated heterocycles. The maximum absolute atomic E-state index is 12.4. The zero-order chi connectivity index (χ0) is 58.4. The minimum Gasteiger partial charge on any atom is -0.462 e. The number of ether oxygens (including phenoxy) is 2. The molecule has 0 rings (SSSR count). The Morgan fingerprint density at radius 3 is 0.802 bits per heavy atom. The maximum atomic E-state index is 12.4. The van der Waals surface area contributed by atoms with Gasteiger partial charge in [-0.1, -0.05) is 376 Å². The maximum Gasteiger partial charge on any atom is 0.306 e. The lowest BCUT2D eigenvalue weighted by Crippen LogP contribution is -2.28. The first-order valence-corrected chi connectivity index (χ1v) is 36.0. The summed E-state index contributed by atoms with van der Waals surface area (Å²) in [5.74, 6) is -0.567. The summed E-state index contributed by atoms with van der Waals surface area (Å²) in [6, 6.07) is 0. The van der Waals surface area contributed by atoms with Crippen molar-refractivity contribution in [3.63, 3.8) is 0 Å². The van der Waals surface area contributed by atoms with Crippen molar-refractivity contribution in [1.29, 1.82) is 0 Å². The molecular weight excluding hydrogens is 993 g/mol. The number of hydrogen-bond donors (Lipinski definition) is 1. The van der Waals surface area contributed by atoms with Crippen LogP contribution in [0.2, 0.25) is 0 Å². The van der Waals surface area contributed by atoms with Gasteiger partial charge in [-0.15, -0.1) is 0 Å². The van der Waals surface area contributed by atoms with Crippen molar-refractivity contribution < 1.29 is 24.2 Å². The molecule has 0 aliphatic heterocycles. The summed E-state index contributed by atoms with van der Waals surface area (Å²) in [7, 11) is 0. The lowest BCUT2D eigenvalue weighted by molar-refractivity contribution is -0.161. The highest BCUT2D eigenvalue weighted by Gasteiger charge is 2.16. The summed E-state index contributed by atoms with van der Waals surface area (Å²) < 4.78 is 10.8. The van der Waals surface area contributed by atoms with Crippen LogP contribution in [0.1, 0.15) is 380 Å². The second kappa shape index (κ2) is 71.6. The van der Waals surface area contributed by atoms with E-state index in [0.29, 0.717) is 12.8 Å². The molecule has 0 aromatic heterocycles. The Hall–Kier alpha value is -2.66. The molecule has 472 valence electrons. The first-order valence-electron chi connectivity index (χ1n) is 36.0. The highest BCUT2D eigenvalue weighted by molar-refractivity contribution is 5.70. The standard InChI is InChI=1S/C76H138O5/c1-3-5-7-9-11-13-15-17-19-21-23-25-27-29-31-32-33-34-35-36-37-38-39-40-41-42-43-44-45-47-49-51-53-55-57-59-61-63-65-67-69-71-76(79)81-74(72-77)73-80-75(78)70-68-66-64-62-60-58-56-54-52-50-48-46-30-28-26-24-22-20-18-16-14-12-10-8-6-4-2/h5,7,11,13,17,19,23,25,29,31,33-34,74,77H,3-4,6,8-10,12,14-16,18,20-22,24,26-28,30,32,35-73H2,1-2H3/b7-5-,13-11-,19-17-,25-23-,31-29-,34-33-. The third kappa shape index (κ3) is 69.7. The number of unbranched alkanes of at least 4 members (excludes halogenated alkanes) is 47. The van der Waals surface area contributed by atoms with E-state index >= 15 is 0 Å². The third-order valence-electron chi connectivity index (χ3n) is 16.3. The molecule has 0 radical (unpaired) electrons. The van der Waals surface area contributed by atoms with Gasteiger partial charge < -0.3 is 14.6 Å². The van der Waals surface area contributed by atoms with Gasteiger partial charge >= 0.3 is 11.9 Å². The van der Waals surface area contributed by atoms with Gasteiger partial charge in [0.2, 0.25) is 0 Å². The van der Waals surface area contributed by atoms with Crippen LogP contribution in [0.5, 0.6) is 0 Å². The number of hydrogen-bond acceptors (Lipinski definition) is 5. The van der Waals surface area contributed by atoms with Crippen LogP contribution in [-0.2, 0) is 19.1 Å². The van der Waals surface area contributed by atoms with Gasteiger partial charge in [-0.25, -0.2) is 0 Å². The molecular formula is C76H138O5. The van der Waals surface area contributed by atoms with Crippen molar-refractivity contribution in [3.05, 3.63) is 72.9 Å². The predicted octanol–water partition coefficient (Wildman–Crippen LogP) is 25.0. The molecule has 0 fully saturated rings. The topological polar surface area (TPSA) is 72.8 Å². The average molecular weight is 1130 g/mol. The van der Waals surface area contributed by atoms with Crippen molar-refractivity contribution in [1.82, 2.24) is 0 Å². The van der Waals surface area contributed by atoms with Crippen molar-refractivity contribution in [2.45, 2.75) is 386 Å². The van der Waals surface area contributed by atoms with Crippen LogP contribution >= 0.6 is 0 Å². The fourth-order valence-electron chi connectivity index (χ4n) is 10.9. The number of allylic oxidation sites excluding steroid dienone is 12. The number of aliphatic hydroxyl groups is 1. The first-order chi connectivity index (χ1) is 40.1. The molecule has 0 saturated carbocycles. The zero-order valence-electron chi connectivity index (χ0n) is 54.3. The van der Waals surface area contributed by atoms with Crippen LogP contribution in [0.3, 0.4) is 0 Å². The molecule has 5 heteroatoms. The van der Waals surface area contributed by atoms with Crippen LogP contribution < -0.4 is 0 Å². The van der Waals surface area contributed by atoms with Gasteiger partial charge in [0.1, 0.15) is 6.61 Å². The molecule has 0 amide bonds. The van der Waals surface area contributed by atoms with E-state index in [9.17, 15) is 14.7 Å². The number of esters is 2. The Morgan fingerprint density at radius 2 is 0.531 bits per heavy atom. The summed E-state index contributed by atoms with van der Waals surface area (Å²) in [6.07, 6.45) is 99.5. The van der Waals surface area contributed by atoms with E-state index in [2.05, 4.69) is 86.8 Å². The molecule has 0 bridgehead atoms. The molecule has 0 aliphatic carbocycles. The van der Waals surface area contributed by atoms with E-state index in [1.807, 2.05) is 0 Å². The molecule has 0 heterocycles. The van der Waals surface area contributed by atoms with E-state index in [1.54, 1.807) is 0 Å². The number of rotatable bonds is 67. The molecule has 1 N–H and O–H groups in total. The van der Waals surface area contributed by atoms with Gasteiger partial charge in [0.15, 0.2) is 6.10 Å². The van der Waals surface area contributed by atoms with E-state index in [1.165, 1.54) is 283 Å². The summed E-state index contributed by atoms with van der Waals surface area (Å²) in [5.41, 5.74) is 0. The highest BCUT2D eigenvalue weighted by Crippen LogP contribution is 2.19. The summed E-state index contributed by atoms with van der Waals surface area (Å²) in [5, 5.41) is 9.71. The fourth-order valence-corrected chi connectivity index (χ4v) is 10.9. The molecule has 1 unspecified atom stereocenters. The largest absolute Gasteiger partial charge is 0.462 e. The van der Waals surface area contributed by atoms with Gasteiger partial charge in [0, 0.05) is 12.8 Å². The zero-order valence-corrected chi connectivity index (χ0v) is 54.3. The normalized spacial score (nSPS) is 12.6. The lowest BCUT2D eigenvalue weighted by atomic mass is 10.0. The highest BCUT2D eigenvalue weighted by atomic mass is 16.6. The molecule has 1 atom stereocenters. The molecule has 0 aliphatic rings. The van der Waals surface area contributed by atoms with Crippen molar-refractivity contribution in [2.75, 3.05) is 13.2 Å². The summed E-state index contributed by atoms with van der Waals surface area (Å²) in [4.78, 5) is 24.7. The van der Waals surface area contributed by atoms with Crippen molar-refractivity contribution in [3.8, 4) is 0 Å². The quantitative estimate of drug-likeness (QED) is 0.0373. The van der Waals surface area contributed by atoms with Crippen molar-refractivity contribution in [2.24, 2.45) is 0 Å². The van der Waals surface area contributed by atoms with E-state index in [-0.39, 0.29) is 25.2 Å². The Balaban J connectivity index is 3.40. The number of carbonyl (C=O) groups excluding carboxylic acids is 2. The van der Waals surface area contributed by atoms with Crippen molar-refractivity contribution >= 4 is 11.9 Å². The van der Waals surface area contributed by atoms with E-state index in [4.69, 9.17) is 9.47 Å². The second-order valence-electron chi connectivity index (χ2n) is 24.3. The Kier molecular flexibility index (Phi) is 69.3. The van der Waals surface area contributed by atoms with Gasteiger partial charge in [0.05, 0.1) is 6.61 Å². The number of carbonyl (C=O) groups is 2.